The number of unbranched alkanes of at least 4 members (excludes halogenated alkanes) is 1. The molecule has 7 nitrogen and oxygen atoms in total. The minimum absolute atomic E-state index is 0.0257. The van der Waals surface area contributed by atoms with Gasteiger partial charge in [0.1, 0.15) is 23.9 Å². The van der Waals surface area contributed by atoms with Crippen LogP contribution in [0, 0.1) is 5.92 Å². The fraction of sp³-hybridized carbons (Fsp3) is 0.724. The second-order valence-electron chi connectivity index (χ2n) is 10.9. The molecular weight excluding hydrogens is 488 g/mol. The number of amides is 2. The molecule has 2 fully saturated rings. The van der Waals surface area contributed by atoms with Crippen molar-refractivity contribution in [3.8, 4) is 5.75 Å². The molecule has 3 rings (SSSR count). The zero-order valence-electron chi connectivity index (χ0n) is 23.5. The average Bonchev–Trinajstić information content (AvgIpc) is 2.87. The zero-order valence-corrected chi connectivity index (χ0v) is 24.3. The maximum atomic E-state index is 13.4. The molecule has 2 amide bonds. The van der Waals surface area contributed by atoms with Crippen LogP contribution in [-0.2, 0) is 16.1 Å². The van der Waals surface area contributed by atoms with Gasteiger partial charge in [0.15, 0.2) is 0 Å². The number of likely N-dealkylation sites (tertiary alicyclic amines) is 1. The summed E-state index contributed by atoms with van der Waals surface area (Å²) in [6, 6.07) is 5.53. The van der Waals surface area contributed by atoms with E-state index in [1.807, 2.05) is 23.1 Å². The van der Waals surface area contributed by atoms with Gasteiger partial charge < -0.3 is 19.9 Å². The van der Waals surface area contributed by atoms with Crippen LogP contribution < -0.4 is 10.1 Å². The second-order valence-corrected chi connectivity index (χ2v) is 11.3. The summed E-state index contributed by atoms with van der Waals surface area (Å²) in [7, 11) is 0. The lowest BCUT2D eigenvalue weighted by molar-refractivity contribution is -0.161. The van der Waals surface area contributed by atoms with Crippen LogP contribution in [0.1, 0.15) is 72.3 Å². The molecule has 37 heavy (non-hydrogen) atoms. The number of piperidine rings is 1. The highest BCUT2D eigenvalue weighted by molar-refractivity contribution is 6.31. The first-order chi connectivity index (χ1) is 17.7. The monoisotopic (exact) mass is 534 g/mol. The van der Waals surface area contributed by atoms with E-state index < -0.39 is 11.6 Å². The van der Waals surface area contributed by atoms with Crippen LogP contribution in [0.5, 0.6) is 5.75 Å². The number of piperazine rings is 1. The summed E-state index contributed by atoms with van der Waals surface area (Å²) < 4.78 is 5.92. The van der Waals surface area contributed by atoms with Crippen molar-refractivity contribution in [3.05, 3.63) is 28.8 Å². The Kier molecular flexibility index (Phi) is 11.1. The highest BCUT2D eigenvalue weighted by Crippen LogP contribution is 2.35. The van der Waals surface area contributed by atoms with Gasteiger partial charge in [-0.2, -0.15) is 0 Å². The third-order valence-electron chi connectivity index (χ3n) is 7.92. The van der Waals surface area contributed by atoms with Crippen molar-refractivity contribution in [2.24, 2.45) is 5.92 Å². The predicted octanol–water partition coefficient (Wildman–Crippen LogP) is 4.57. The van der Waals surface area contributed by atoms with Gasteiger partial charge in [0.2, 0.25) is 11.8 Å². The van der Waals surface area contributed by atoms with E-state index in [0.717, 1.165) is 63.4 Å². The number of nitrogens with zero attached hydrogens (tertiary/aromatic N) is 3. The molecule has 1 unspecified atom stereocenters. The van der Waals surface area contributed by atoms with Gasteiger partial charge in [-0.3, -0.25) is 14.5 Å². The Morgan fingerprint density at radius 1 is 1.16 bits per heavy atom. The molecule has 0 aliphatic carbocycles. The average molecular weight is 535 g/mol. The fourth-order valence-corrected chi connectivity index (χ4v) is 5.78. The molecule has 0 aromatic heterocycles. The Bertz CT molecular complexity index is 897. The summed E-state index contributed by atoms with van der Waals surface area (Å²) in [5.41, 5.74) is 0.320. The number of halogens is 1. The van der Waals surface area contributed by atoms with Gasteiger partial charge in [0.05, 0.1) is 0 Å². The molecule has 1 spiro atoms. The Balaban J connectivity index is 1.61. The number of hydrogen-bond donors (Lipinski definition) is 1. The minimum Gasteiger partial charge on any atom is -0.492 e. The van der Waals surface area contributed by atoms with Gasteiger partial charge in [-0.25, -0.2) is 0 Å². The van der Waals surface area contributed by atoms with Crippen molar-refractivity contribution in [3.63, 3.8) is 0 Å². The Labute approximate surface area is 228 Å². The topological polar surface area (TPSA) is 65.1 Å². The number of rotatable bonds is 13. The van der Waals surface area contributed by atoms with E-state index >= 15 is 0 Å². The largest absolute Gasteiger partial charge is 0.492 e. The van der Waals surface area contributed by atoms with E-state index in [-0.39, 0.29) is 11.8 Å². The fourth-order valence-electron chi connectivity index (χ4n) is 5.54. The zero-order chi connectivity index (χ0) is 27.0. The first-order valence-electron chi connectivity index (χ1n) is 14.2. The van der Waals surface area contributed by atoms with Gasteiger partial charge in [-0.15, -0.1) is 0 Å². The van der Waals surface area contributed by atoms with Crippen LogP contribution >= 0.6 is 11.6 Å². The lowest BCUT2D eigenvalue weighted by Gasteiger charge is -2.52. The third-order valence-corrected chi connectivity index (χ3v) is 8.28. The molecule has 1 N–H and O–H groups in total. The molecule has 0 radical (unpaired) electrons. The van der Waals surface area contributed by atoms with E-state index in [9.17, 15) is 9.59 Å². The van der Waals surface area contributed by atoms with Gasteiger partial charge >= 0.3 is 0 Å². The normalized spacial score (nSPS) is 20.2. The van der Waals surface area contributed by atoms with Gasteiger partial charge in [0.25, 0.3) is 0 Å². The number of hydrogen-bond acceptors (Lipinski definition) is 5. The maximum Gasteiger partial charge on any atom is 0.246 e. The van der Waals surface area contributed by atoms with Crippen molar-refractivity contribution in [1.82, 2.24) is 20.0 Å². The lowest BCUT2D eigenvalue weighted by Crippen LogP contribution is -2.73. The quantitative estimate of drug-likeness (QED) is 0.401. The number of carbonyl (C=O) groups excluding carboxylic acids is 2. The predicted molar refractivity (Wildman–Crippen MR) is 150 cm³/mol. The van der Waals surface area contributed by atoms with E-state index in [2.05, 4.69) is 49.7 Å². The van der Waals surface area contributed by atoms with Crippen LogP contribution in [0.4, 0.5) is 0 Å². The van der Waals surface area contributed by atoms with Gasteiger partial charge in [-0.05, 0) is 62.4 Å². The maximum absolute atomic E-state index is 13.4. The first kappa shape index (κ1) is 29.7. The molecule has 2 aliphatic rings. The number of nitrogens with one attached hydrogen (secondary N) is 1. The molecular formula is C29H47ClN4O3. The van der Waals surface area contributed by atoms with E-state index in [1.165, 1.54) is 0 Å². The molecule has 2 aliphatic heterocycles. The van der Waals surface area contributed by atoms with Crippen molar-refractivity contribution in [1.29, 1.82) is 0 Å². The molecule has 1 atom stereocenters. The number of carbonyl (C=O) groups is 2. The first-order valence-corrected chi connectivity index (χ1v) is 14.6. The molecule has 1 aromatic carbocycles. The number of ether oxygens (including phenoxy) is 1. The Morgan fingerprint density at radius 3 is 2.46 bits per heavy atom. The van der Waals surface area contributed by atoms with Crippen LogP contribution in [0.25, 0.3) is 0 Å². The van der Waals surface area contributed by atoms with Crippen molar-refractivity contribution in [2.75, 3.05) is 45.9 Å². The smallest absolute Gasteiger partial charge is 0.246 e. The van der Waals surface area contributed by atoms with Gasteiger partial charge in [0, 0.05) is 37.7 Å². The van der Waals surface area contributed by atoms with E-state index in [0.29, 0.717) is 43.4 Å². The SMILES string of the molecule is CCCCN1C(=O)C(CC(C)C)NC(=O)C12CCN(Cc1ccc(OCCN(CC)CC)cc1Cl)CC2. The molecule has 208 valence electrons. The molecule has 2 heterocycles. The summed E-state index contributed by atoms with van der Waals surface area (Å²) in [4.78, 5) is 33.5. The lowest BCUT2D eigenvalue weighted by atomic mass is 9.80. The van der Waals surface area contributed by atoms with Crippen molar-refractivity contribution < 1.29 is 14.3 Å². The van der Waals surface area contributed by atoms with Crippen LogP contribution in [-0.4, -0.2) is 84.0 Å². The summed E-state index contributed by atoms with van der Waals surface area (Å²) in [6.07, 6.45) is 3.89. The highest BCUT2D eigenvalue weighted by atomic mass is 35.5. The molecule has 0 bridgehead atoms. The van der Waals surface area contributed by atoms with Crippen LogP contribution in [0.3, 0.4) is 0 Å². The van der Waals surface area contributed by atoms with Crippen LogP contribution in [0.2, 0.25) is 5.02 Å². The summed E-state index contributed by atoms with van der Waals surface area (Å²) >= 11 is 6.63. The van der Waals surface area contributed by atoms with E-state index in [4.69, 9.17) is 16.3 Å². The Morgan fingerprint density at radius 2 is 1.86 bits per heavy atom. The number of likely N-dealkylation sites (N-methyl/N-ethyl adjacent to an activating group) is 1. The molecule has 8 heteroatoms. The summed E-state index contributed by atoms with van der Waals surface area (Å²) in [5.74, 6) is 1.26. The van der Waals surface area contributed by atoms with E-state index in [1.54, 1.807) is 0 Å². The van der Waals surface area contributed by atoms with Crippen LogP contribution in [0.15, 0.2) is 18.2 Å². The standard InChI is InChI=1S/C29H47ClN4O3/c1-6-9-14-34-27(35)26(19-22(4)5)31-28(36)29(34)12-15-33(16-13-29)21-23-10-11-24(20-25(23)30)37-18-17-32(7-2)8-3/h10-11,20,22,26H,6-9,12-19,21H2,1-5H3,(H,31,36). The third kappa shape index (κ3) is 7.39. The van der Waals surface area contributed by atoms with Gasteiger partial charge in [-0.1, -0.05) is 58.7 Å². The summed E-state index contributed by atoms with van der Waals surface area (Å²) in [6.45, 7) is 17.0. The number of benzene rings is 1. The van der Waals surface area contributed by atoms with Crippen molar-refractivity contribution >= 4 is 23.4 Å². The Hall–Kier alpha value is -1.83. The minimum atomic E-state index is -0.734. The molecule has 2 saturated heterocycles. The highest BCUT2D eigenvalue weighted by Gasteiger charge is 2.53. The summed E-state index contributed by atoms with van der Waals surface area (Å²) in [5, 5.41) is 3.79. The second kappa shape index (κ2) is 13.8. The molecule has 1 aromatic rings. The van der Waals surface area contributed by atoms with Crippen molar-refractivity contribution in [2.45, 2.75) is 84.8 Å². The molecule has 0 saturated carbocycles.